The molecule has 0 unspecified atom stereocenters. The van der Waals surface area contributed by atoms with Crippen molar-refractivity contribution >= 4 is 17.8 Å². The highest BCUT2D eigenvalue weighted by atomic mass is 16.4. The Labute approximate surface area is 118 Å². The number of carbonyl (C=O) groups excluding carboxylic acids is 1. The number of nitrogens with zero attached hydrogens (tertiary/aromatic N) is 1. The molecule has 0 spiro atoms. The van der Waals surface area contributed by atoms with E-state index in [1.807, 2.05) is 18.7 Å². The van der Waals surface area contributed by atoms with Gasteiger partial charge in [0.15, 0.2) is 0 Å². The van der Waals surface area contributed by atoms with Gasteiger partial charge in [0.05, 0.1) is 6.04 Å². The lowest BCUT2D eigenvalue weighted by Gasteiger charge is -2.22. The number of aliphatic carboxylic acids is 2. The van der Waals surface area contributed by atoms with E-state index in [1.54, 1.807) is 0 Å². The first-order valence-corrected chi connectivity index (χ1v) is 6.44. The summed E-state index contributed by atoms with van der Waals surface area (Å²) < 4.78 is 0. The molecule has 7 nitrogen and oxygen atoms in total. The van der Waals surface area contributed by atoms with Crippen molar-refractivity contribution in [2.75, 3.05) is 13.1 Å². The van der Waals surface area contributed by atoms with E-state index < -0.39 is 11.9 Å². The molecule has 0 radical (unpaired) electrons. The van der Waals surface area contributed by atoms with E-state index in [2.05, 4.69) is 0 Å². The molecule has 0 aromatic carbocycles. The molecule has 1 saturated heterocycles. The first-order valence-electron chi connectivity index (χ1n) is 6.44. The quantitative estimate of drug-likeness (QED) is 0.639. The molecule has 20 heavy (non-hydrogen) atoms. The number of amides is 1. The average molecular weight is 286 g/mol. The second-order valence-corrected chi connectivity index (χ2v) is 4.81. The summed E-state index contributed by atoms with van der Waals surface area (Å²) in [5.74, 6) is -2.14. The van der Waals surface area contributed by atoms with Crippen LogP contribution in [-0.2, 0) is 14.4 Å². The Morgan fingerprint density at radius 2 is 1.45 bits per heavy atom. The summed E-state index contributed by atoms with van der Waals surface area (Å²) in [5, 5.41) is 15.6. The molecule has 1 aliphatic rings. The van der Waals surface area contributed by atoms with Gasteiger partial charge in [0.25, 0.3) is 0 Å². The topological polar surface area (TPSA) is 121 Å². The molecular formula is C13H22N2O5. The van der Waals surface area contributed by atoms with Crippen LogP contribution >= 0.6 is 0 Å². The number of carboxylic acids is 2. The molecule has 114 valence electrons. The van der Waals surface area contributed by atoms with Crippen molar-refractivity contribution in [3.8, 4) is 0 Å². The van der Waals surface area contributed by atoms with Crippen LogP contribution < -0.4 is 5.73 Å². The number of carboxylic acid groups (broad SMARTS) is 2. The number of carbonyl (C=O) groups is 3. The van der Waals surface area contributed by atoms with Gasteiger partial charge in [0.1, 0.15) is 0 Å². The zero-order valence-corrected chi connectivity index (χ0v) is 11.8. The van der Waals surface area contributed by atoms with Gasteiger partial charge < -0.3 is 20.8 Å². The summed E-state index contributed by atoms with van der Waals surface area (Å²) in [7, 11) is 0. The molecule has 0 aliphatic carbocycles. The normalized spacial score (nSPS) is 15.9. The third-order valence-electron chi connectivity index (χ3n) is 2.79. The Kier molecular flexibility index (Phi) is 8.23. The Bertz CT molecular complexity index is 353. The van der Waals surface area contributed by atoms with Gasteiger partial charge in [0.2, 0.25) is 5.91 Å². The van der Waals surface area contributed by atoms with Crippen LogP contribution in [0.2, 0.25) is 0 Å². The number of hydrogen-bond acceptors (Lipinski definition) is 4. The van der Waals surface area contributed by atoms with Crippen molar-refractivity contribution in [3.05, 3.63) is 12.2 Å². The average Bonchev–Trinajstić information content (AvgIpc) is 2.89. The summed E-state index contributed by atoms with van der Waals surface area (Å²) in [6.07, 6.45) is 3.39. The summed E-state index contributed by atoms with van der Waals surface area (Å²) >= 11 is 0. The van der Waals surface area contributed by atoms with Crippen LogP contribution in [0.25, 0.3) is 0 Å². The molecular weight excluding hydrogens is 264 g/mol. The van der Waals surface area contributed by atoms with Gasteiger partial charge in [-0.15, -0.1) is 0 Å². The van der Waals surface area contributed by atoms with Crippen LogP contribution in [0.15, 0.2) is 12.2 Å². The second-order valence-electron chi connectivity index (χ2n) is 4.81. The highest BCUT2D eigenvalue weighted by molar-refractivity contribution is 5.89. The predicted octanol–water partition coefficient (Wildman–Crippen LogP) is 0.304. The highest BCUT2D eigenvalue weighted by Crippen LogP contribution is 2.11. The standard InChI is InChI=1S/C9H18N2O.C4H4O4/c1-7(2)8(10)9(12)11-5-3-4-6-11;5-3(6)1-2-4(7)8/h7-8H,3-6,10H2,1-2H3;1-2H,(H,5,6)(H,7,8)/b;2-1+/t8-;/m0./s1. The molecule has 1 amide bonds. The van der Waals surface area contributed by atoms with E-state index in [9.17, 15) is 14.4 Å². The number of likely N-dealkylation sites (tertiary alicyclic amines) is 1. The smallest absolute Gasteiger partial charge is 0.328 e. The fourth-order valence-corrected chi connectivity index (χ4v) is 1.58. The molecule has 1 heterocycles. The van der Waals surface area contributed by atoms with Crippen LogP contribution in [0, 0.1) is 5.92 Å². The Morgan fingerprint density at radius 1 is 1.05 bits per heavy atom. The number of nitrogens with two attached hydrogens (primary N) is 1. The summed E-state index contributed by atoms with van der Waals surface area (Å²) in [6.45, 7) is 5.77. The van der Waals surface area contributed by atoms with Gasteiger partial charge in [-0.05, 0) is 18.8 Å². The van der Waals surface area contributed by atoms with E-state index >= 15 is 0 Å². The largest absolute Gasteiger partial charge is 0.478 e. The zero-order chi connectivity index (χ0) is 15.7. The van der Waals surface area contributed by atoms with E-state index in [0.717, 1.165) is 25.9 Å². The van der Waals surface area contributed by atoms with Gasteiger partial charge in [-0.2, -0.15) is 0 Å². The Balaban J connectivity index is 0.000000396. The molecule has 0 bridgehead atoms. The van der Waals surface area contributed by atoms with E-state index in [1.165, 1.54) is 0 Å². The van der Waals surface area contributed by atoms with Crippen LogP contribution in [-0.4, -0.2) is 52.1 Å². The molecule has 0 saturated carbocycles. The van der Waals surface area contributed by atoms with Gasteiger partial charge in [-0.1, -0.05) is 13.8 Å². The van der Waals surface area contributed by atoms with Crippen molar-refractivity contribution in [2.24, 2.45) is 11.7 Å². The maximum Gasteiger partial charge on any atom is 0.328 e. The third kappa shape index (κ3) is 7.52. The van der Waals surface area contributed by atoms with E-state index in [0.29, 0.717) is 12.2 Å². The lowest BCUT2D eigenvalue weighted by molar-refractivity contribution is -0.134. The minimum atomic E-state index is -1.26. The molecule has 0 aromatic rings. The Hall–Kier alpha value is -1.89. The minimum absolute atomic E-state index is 0.127. The van der Waals surface area contributed by atoms with Gasteiger partial charge in [0, 0.05) is 25.2 Å². The lowest BCUT2D eigenvalue weighted by atomic mass is 10.0. The maximum atomic E-state index is 11.6. The molecule has 1 aliphatic heterocycles. The zero-order valence-electron chi connectivity index (χ0n) is 11.8. The molecule has 7 heteroatoms. The van der Waals surface area contributed by atoms with Crippen LogP contribution in [0.3, 0.4) is 0 Å². The van der Waals surface area contributed by atoms with E-state index in [4.69, 9.17) is 15.9 Å². The van der Waals surface area contributed by atoms with Crippen LogP contribution in [0.4, 0.5) is 0 Å². The van der Waals surface area contributed by atoms with Crippen molar-refractivity contribution in [2.45, 2.75) is 32.7 Å². The fourth-order valence-electron chi connectivity index (χ4n) is 1.58. The molecule has 1 atom stereocenters. The lowest BCUT2D eigenvalue weighted by Crippen LogP contribution is -2.45. The van der Waals surface area contributed by atoms with Crippen molar-refractivity contribution in [3.63, 3.8) is 0 Å². The minimum Gasteiger partial charge on any atom is -0.478 e. The summed E-state index contributed by atoms with van der Waals surface area (Å²) in [5.41, 5.74) is 5.75. The van der Waals surface area contributed by atoms with Crippen molar-refractivity contribution < 1.29 is 24.6 Å². The van der Waals surface area contributed by atoms with Crippen molar-refractivity contribution in [1.82, 2.24) is 4.90 Å². The molecule has 1 fully saturated rings. The monoisotopic (exact) mass is 286 g/mol. The first-order chi connectivity index (χ1) is 9.25. The van der Waals surface area contributed by atoms with Crippen LogP contribution in [0.5, 0.6) is 0 Å². The molecule has 0 aromatic heterocycles. The van der Waals surface area contributed by atoms with E-state index in [-0.39, 0.29) is 17.9 Å². The summed E-state index contributed by atoms with van der Waals surface area (Å²) in [6, 6.07) is -0.303. The summed E-state index contributed by atoms with van der Waals surface area (Å²) in [4.78, 5) is 32.6. The number of rotatable bonds is 4. The second kappa shape index (κ2) is 9.08. The van der Waals surface area contributed by atoms with Gasteiger partial charge in [-0.25, -0.2) is 9.59 Å². The maximum absolute atomic E-state index is 11.6. The van der Waals surface area contributed by atoms with Gasteiger partial charge >= 0.3 is 11.9 Å². The number of hydrogen-bond donors (Lipinski definition) is 3. The first kappa shape index (κ1) is 18.1. The van der Waals surface area contributed by atoms with Crippen LogP contribution in [0.1, 0.15) is 26.7 Å². The highest BCUT2D eigenvalue weighted by Gasteiger charge is 2.25. The van der Waals surface area contributed by atoms with Crippen molar-refractivity contribution in [1.29, 1.82) is 0 Å². The van der Waals surface area contributed by atoms with Gasteiger partial charge in [-0.3, -0.25) is 4.79 Å². The predicted molar refractivity (Wildman–Crippen MR) is 73.0 cm³/mol. The SMILES string of the molecule is CC(C)[C@H](N)C(=O)N1CCCC1.O=C(O)/C=C/C(=O)O. The molecule has 1 rings (SSSR count). The molecule has 4 N–H and O–H groups in total. The third-order valence-corrected chi connectivity index (χ3v) is 2.79. The fraction of sp³-hybridized carbons (Fsp3) is 0.615. The Morgan fingerprint density at radius 3 is 1.75 bits per heavy atom.